The number of fused-ring (bicyclic) bond motifs is 2. The number of ether oxygens (including phenoxy) is 2. The third-order valence-corrected chi connectivity index (χ3v) is 4.38. The van der Waals surface area contributed by atoms with E-state index in [9.17, 15) is 9.90 Å². The number of benzene rings is 2. The van der Waals surface area contributed by atoms with Gasteiger partial charge in [0.15, 0.2) is 11.5 Å². The third kappa shape index (κ3) is 2.92. The Labute approximate surface area is 144 Å². The normalized spacial score (nSPS) is 13.8. The van der Waals surface area contributed by atoms with Gasteiger partial charge in [-0.1, -0.05) is 6.07 Å². The van der Waals surface area contributed by atoms with Crippen molar-refractivity contribution in [1.29, 1.82) is 0 Å². The number of aliphatic hydroxyl groups is 1. The molecule has 0 spiro atoms. The summed E-state index contributed by atoms with van der Waals surface area (Å²) in [5, 5.41) is 14.2. The number of aromatic nitrogens is 1. The van der Waals surface area contributed by atoms with Crippen molar-refractivity contribution in [3.63, 3.8) is 0 Å². The molecular weight excluding hydrogens is 320 g/mol. The molecule has 0 fully saturated rings. The lowest BCUT2D eigenvalue weighted by atomic mass is 10.1. The highest BCUT2D eigenvalue weighted by Gasteiger charge is 2.17. The zero-order valence-electron chi connectivity index (χ0n) is 13.7. The molecule has 1 aliphatic heterocycles. The fourth-order valence-corrected chi connectivity index (χ4v) is 2.95. The van der Waals surface area contributed by atoms with Gasteiger partial charge in [-0.25, -0.2) is 0 Å². The third-order valence-electron chi connectivity index (χ3n) is 4.38. The van der Waals surface area contributed by atoms with E-state index < -0.39 is 6.10 Å². The Balaban J connectivity index is 1.43. The first-order valence-corrected chi connectivity index (χ1v) is 8.03. The summed E-state index contributed by atoms with van der Waals surface area (Å²) < 4.78 is 12.5. The van der Waals surface area contributed by atoms with Gasteiger partial charge in [0, 0.05) is 30.9 Å². The van der Waals surface area contributed by atoms with Crippen LogP contribution in [0.5, 0.6) is 11.5 Å². The van der Waals surface area contributed by atoms with Crippen molar-refractivity contribution in [3.8, 4) is 11.5 Å². The largest absolute Gasteiger partial charge is 0.454 e. The van der Waals surface area contributed by atoms with E-state index in [4.69, 9.17) is 9.47 Å². The number of aliphatic hydroxyl groups excluding tert-OH is 1. The van der Waals surface area contributed by atoms with Crippen LogP contribution in [0.15, 0.2) is 48.7 Å². The molecule has 0 radical (unpaired) electrons. The summed E-state index contributed by atoms with van der Waals surface area (Å²) in [4.78, 5) is 12.3. The van der Waals surface area contributed by atoms with Crippen LogP contribution < -0.4 is 14.8 Å². The van der Waals surface area contributed by atoms with E-state index in [1.807, 2.05) is 42.1 Å². The monoisotopic (exact) mass is 338 g/mol. The van der Waals surface area contributed by atoms with Gasteiger partial charge < -0.3 is 24.5 Å². The fourth-order valence-electron chi connectivity index (χ4n) is 2.95. The quantitative estimate of drug-likeness (QED) is 0.766. The molecule has 2 N–H and O–H groups in total. The van der Waals surface area contributed by atoms with Gasteiger partial charge >= 0.3 is 0 Å². The molecule has 0 saturated carbocycles. The lowest BCUT2D eigenvalue weighted by Gasteiger charge is -2.13. The van der Waals surface area contributed by atoms with Crippen LogP contribution in [0.4, 0.5) is 0 Å². The van der Waals surface area contributed by atoms with Gasteiger partial charge in [-0.15, -0.1) is 0 Å². The highest BCUT2D eigenvalue weighted by molar-refractivity contribution is 5.95. The van der Waals surface area contributed by atoms with E-state index in [1.54, 1.807) is 18.2 Å². The average molecular weight is 338 g/mol. The molecule has 6 heteroatoms. The Morgan fingerprint density at radius 1 is 1.20 bits per heavy atom. The topological polar surface area (TPSA) is 72.7 Å². The SMILES string of the molecule is Cn1ccc2cc(C(O)CNC(=O)c3ccc4c(c3)OCO4)ccc21. The van der Waals surface area contributed by atoms with Gasteiger partial charge in [0.25, 0.3) is 5.91 Å². The number of aryl methyl sites for hydroxylation is 1. The van der Waals surface area contributed by atoms with Gasteiger partial charge in [0.1, 0.15) is 0 Å². The summed E-state index contributed by atoms with van der Waals surface area (Å²) in [5.74, 6) is 0.925. The smallest absolute Gasteiger partial charge is 0.251 e. The molecular formula is C19H18N2O4. The molecule has 1 unspecified atom stereocenters. The van der Waals surface area contributed by atoms with Crippen molar-refractivity contribution in [1.82, 2.24) is 9.88 Å². The molecule has 1 aromatic heterocycles. The number of carbonyl (C=O) groups is 1. The molecule has 1 atom stereocenters. The van der Waals surface area contributed by atoms with Crippen LogP contribution in [0.1, 0.15) is 22.0 Å². The molecule has 128 valence electrons. The number of rotatable bonds is 4. The van der Waals surface area contributed by atoms with Gasteiger partial charge in [-0.05, 0) is 47.3 Å². The minimum atomic E-state index is -0.775. The first-order valence-electron chi connectivity index (χ1n) is 8.03. The molecule has 0 bridgehead atoms. The summed E-state index contributed by atoms with van der Waals surface area (Å²) in [6.07, 6.45) is 1.20. The average Bonchev–Trinajstić information content (AvgIpc) is 3.25. The van der Waals surface area contributed by atoms with Gasteiger partial charge in [0.2, 0.25) is 6.79 Å². The first kappa shape index (κ1) is 15.5. The van der Waals surface area contributed by atoms with Crippen LogP contribution in [0.3, 0.4) is 0 Å². The minimum absolute atomic E-state index is 0.131. The van der Waals surface area contributed by atoms with Crippen LogP contribution in [0.2, 0.25) is 0 Å². The second-order valence-electron chi connectivity index (χ2n) is 6.04. The van der Waals surface area contributed by atoms with E-state index >= 15 is 0 Å². The van der Waals surface area contributed by atoms with Crippen molar-refractivity contribution in [2.75, 3.05) is 13.3 Å². The summed E-state index contributed by atoms with van der Waals surface area (Å²) >= 11 is 0. The maximum absolute atomic E-state index is 12.3. The molecule has 3 aromatic rings. The highest BCUT2D eigenvalue weighted by atomic mass is 16.7. The summed E-state index contributed by atoms with van der Waals surface area (Å²) in [7, 11) is 1.98. The molecule has 2 heterocycles. The Morgan fingerprint density at radius 2 is 2.04 bits per heavy atom. The molecule has 6 nitrogen and oxygen atoms in total. The molecule has 1 aliphatic rings. The highest BCUT2D eigenvalue weighted by Crippen LogP contribution is 2.32. The van der Waals surface area contributed by atoms with Crippen LogP contribution >= 0.6 is 0 Å². The van der Waals surface area contributed by atoms with Crippen molar-refractivity contribution < 1.29 is 19.4 Å². The zero-order valence-corrected chi connectivity index (χ0v) is 13.7. The standard InChI is InChI=1S/C19H18N2O4/c1-21-7-6-12-8-13(2-4-15(12)21)16(22)10-20-19(23)14-3-5-17-18(9-14)25-11-24-17/h2-9,16,22H,10-11H2,1H3,(H,20,23). The van der Waals surface area contributed by atoms with E-state index in [0.29, 0.717) is 17.1 Å². The number of nitrogens with zero attached hydrogens (tertiary/aromatic N) is 1. The van der Waals surface area contributed by atoms with Gasteiger partial charge in [0.05, 0.1) is 6.10 Å². The Hall–Kier alpha value is -2.99. The zero-order chi connectivity index (χ0) is 17.4. The molecule has 2 aromatic carbocycles. The Bertz CT molecular complexity index is 948. The van der Waals surface area contributed by atoms with Crippen molar-refractivity contribution in [2.45, 2.75) is 6.10 Å². The number of carbonyl (C=O) groups excluding carboxylic acids is 1. The molecule has 0 saturated heterocycles. The maximum Gasteiger partial charge on any atom is 0.251 e. The van der Waals surface area contributed by atoms with Crippen molar-refractivity contribution in [2.24, 2.45) is 7.05 Å². The first-order chi connectivity index (χ1) is 12.1. The lowest BCUT2D eigenvalue weighted by Crippen LogP contribution is -2.28. The lowest BCUT2D eigenvalue weighted by molar-refractivity contribution is 0.0916. The molecule has 1 amide bonds. The summed E-state index contributed by atoms with van der Waals surface area (Å²) in [5.41, 5.74) is 2.33. The minimum Gasteiger partial charge on any atom is -0.454 e. The van der Waals surface area contributed by atoms with Gasteiger partial charge in [-0.2, -0.15) is 0 Å². The van der Waals surface area contributed by atoms with E-state index in [0.717, 1.165) is 16.5 Å². The number of hydrogen-bond acceptors (Lipinski definition) is 4. The molecule has 0 aliphatic carbocycles. The molecule has 4 rings (SSSR count). The van der Waals surface area contributed by atoms with Crippen LogP contribution in [-0.4, -0.2) is 28.9 Å². The second-order valence-corrected chi connectivity index (χ2v) is 6.04. The number of nitrogens with one attached hydrogen (secondary N) is 1. The number of hydrogen-bond donors (Lipinski definition) is 2. The Morgan fingerprint density at radius 3 is 2.92 bits per heavy atom. The van der Waals surface area contributed by atoms with E-state index in [2.05, 4.69) is 5.32 Å². The van der Waals surface area contributed by atoms with Crippen LogP contribution in [0, 0.1) is 0 Å². The van der Waals surface area contributed by atoms with E-state index in [-0.39, 0.29) is 19.2 Å². The van der Waals surface area contributed by atoms with Crippen LogP contribution in [0.25, 0.3) is 10.9 Å². The predicted octanol–water partition coefficient (Wildman–Crippen LogP) is 2.37. The van der Waals surface area contributed by atoms with Crippen molar-refractivity contribution >= 4 is 16.8 Å². The summed E-state index contributed by atoms with van der Waals surface area (Å²) in [6, 6.07) is 12.8. The predicted molar refractivity (Wildman–Crippen MR) is 92.8 cm³/mol. The summed E-state index contributed by atoms with van der Waals surface area (Å²) in [6.45, 7) is 0.298. The van der Waals surface area contributed by atoms with Gasteiger partial charge in [-0.3, -0.25) is 4.79 Å². The van der Waals surface area contributed by atoms with E-state index in [1.165, 1.54) is 0 Å². The second kappa shape index (κ2) is 6.14. The fraction of sp³-hybridized carbons (Fsp3) is 0.211. The van der Waals surface area contributed by atoms with Crippen molar-refractivity contribution in [3.05, 3.63) is 59.8 Å². The molecule has 25 heavy (non-hydrogen) atoms. The van der Waals surface area contributed by atoms with Crippen LogP contribution in [-0.2, 0) is 7.05 Å². The Kier molecular flexibility index (Phi) is 3.82. The maximum atomic E-state index is 12.3. The number of amides is 1.